The molecule has 1 aliphatic rings. The van der Waals surface area contributed by atoms with Gasteiger partial charge in [-0.15, -0.1) is 0 Å². The van der Waals surface area contributed by atoms with Crippen molar-refractivity contribution in [1.82, 2.24) is 5.32 Å². The topological polar surface area (TPSA) is 49.3 Å². The van der Waals surface area contributed by atoms with Crippen LogP contribution in [0.25, 0.3) is 0 Å². The minimum atomic E-state index is -0.901. The third-order valence-corrected chi connectivity index (χ3v) is 1.46. The lowest BCUT2D eigenvalue weighted by Gasteiger charge is -2.35. The normalized spacial score (nSPS) is 23.6. The molecule has 0 saturated heterocycles. The molecule has 45 valence electrons. The number of nitrogens with one attached hydrogen (secondary N) is 1. The van der Waals surface area contributed by atoms with E-state index in [1.165, 1.54) is 6.41 Å². The molecule has 1 rings (SSSR count). The molecular weight excluding hydrogens is 106 g/mol. The minimum absolute atomic E-state index is 0.669. The Morgan fingerprint density at radius 2 is 2.25 bits per heavy atom. The van der Waals surface area contributed by atoms with Crippen molar-refractivity contribution in [2.75, 3.05) is 0 Å². The molecule has 0 unspecified atom stereocenters. The Kier molecular flexibility index (Phi) is 1.21. The molecule has 3 nitrogen and oxygen atoms in total. The fourth-order valence-electron chi connectivity index (χ4n) is 0.732. The number of hydrogen-bond donors (Lipinski definition) is 2. The molecule has 1 amide bonds. The van der Waals surface area contributed by atoms with E-state index in [-0.39, 0.29) is 0 Å². The van der Waals surface area contributed by atoms with Gasteiger partial charge in [-0.1, -0.05) is 0 Å². The maximum absolute atomic E-state index is 9.62. The van der Waals surface area contributed by atoms with Gasteiger partial charge < -0.3 is 10.4 Å². The van der Waals surface area contributed by atoms with Crippen molar-refractivity contribution in [3.63, 3.8) is 0 Å². The van der Waals surface area contributed by atoms with E-state index in [0.717, 1.165) is 6.42 Å². The van der Waals surface area contributed by atoms with Crippen LogP contribution in [0.5, 0.6) is 0 Å². The van der Waals surface area contributed by atoms with E-state index >= 15 is 0 Å². The Morgan fingerprint density at radius 1 is 1.62 bits per heavy atom. The molecule has 0 aliphatic heterocycles. The molecule has 1 fully saturated rings. The molecule has 0 aromatic heterocycles. The van der Waals surface area contributed by atoms with Gasteiger partial charge in [-0.3, -0.25) is 4.79 Å². The van der Waals surface area contributed by atoms with Crippen molar-refractivity contribution in [3.8, 4) is 0 Å². The Balaban J connectivity index is 2.29. The first kappa shape index (κ1) is 5.56. The summed E-state index contributed by atoms with van der Waals surface area (Å²) in [6, 6.07) is 0. The van der Waals surface area contributed by atoms with E-state index in [9.17, 15) is 4.79 Å². The number of rotatable bonds is 2. The van der Waals surface area contributed by atoms with Gasteiger partial charge >= 0.3 is 6.41 Å². The Bertz CT molecular complexity index is 98.6. The third-order valence-electron chi connectivity index (χ3n) is 1.46. The van der Waals surface area contributed by atoms with E-state index in [0.29, 0.717) is 12.8 Å². The Hall–Kier alpha value is -0.570. The third kappa shape index (κ3) is 0.816. The molecule has 1 radical (unpaired) electrons. The zero-order valence-electron chi connectivity index (χ0n) is 4.48. The van der Waals surface area contributed by atoms with Crippen molar-refractivity contribution in [1.29, 1.82) is 0 Å². The second-order valence-electron chi connectivity index (χ2n) is 2.11. The van der Waals surface area contributed by atoms with E-state index in [1.807, 2.05) is 0 Å². The molecule has 1 saturated carbocycles. The monoisotopic (exact) mass is 114 g/mol. The quantitative estimate of drug-likeness (QED) is 0.376. The van der Waals surface area contributed by atoms with Crippen LogP contribution >= 0.6 is 0 Å². The van der Waals surface area contributed by atoms with Crippen LogP contribution < -0.4 is 5.32 Å². The Morgan fingerprint density at radius 3 is 2.38 bits per heavy atom. The molecule has 0 spiro atoms. The number of carbonyl (C=O) groups excluding carboxylic acids is 1. The standard InChI is InChI=1S/C5H8NO2/c7-4-6-5(8)2-1-3-5/h8H,1-3H2,(H,6,7). The highest BCUT2D eigenvalue weighted by atomic mass is 16.3. The van der Waals surface area contributed by atoms with Crippen LogP contribution in [-0.2, 0) is 4.79 Å². The van der Waals surface area contributed by atoms with E-state index in [1.54, 1.807) is 0 Å². The average molecular weight is 114 g/mol. The largest absolute Gasteiger partial charge is 0.371 e. The van der Waals surface area contributed by atoms with Crippen LogP contribution in [0.2, 0.25) is 0 Å². The summed E-state index contributed by atoms with van der Waals surface area (Å²) in [5.41, 5.74) is -0.901. The van der Waals surface area contributed by atoms with E-state index < -0.39 is 5.72 Å². The molecule has 0 heterocycles. The molecule has 3 heteroatoms. The first-order valence-corrected chi connectivity index (χ1v) is 2.63. The van der Waals surface area contributed by atoms with Crippen LogP contribution in [0.1, 0.15) is 19.3 Å². The van der Waals surface area contributed by atoms with Crippen LogP contribution in [0, 0.1) is 0 Å². The molecular formula is C5H8NO2. The van der Waals surface area contributed by atoms with Gasteiger partial charge in [0.25, 0.3) is 0 Å². The van der Waals surface area contributed by atoms with Gasteiger partial charge in [-0.25, -0.2) is 0 Å². The van der Waals surface area contributed by atoms with E-state index in [4.69, 9.17) is 5.11 Å². The summed E-state index contributed by atoms with van der Waals surface area (Å²) in [6.07, 6.45) is 3.79. The van der Waals surface area contributed by atoms with Gasteiger partial charge in [-0.05, 0) is 19.3 Å². The summed E-state index contributed by atoms with van der Waals surface area (Å²) < 4.78 is 0. The smallest absolute Gasteiger partial charge is 0.311 e. The second kappa shape index (κ2) is 1.74. The first-order valence-electron chi connectivity index (χ1n) is 2.63. The predicted octanol–water partition coefficient (Wildman–Crippen LogP) is -0.484. The summed E-state index contributed by atoms with van der Waals surface area (Å²) in [5.74, 6) is 0. The zero-order valence-corrected chi connectivity index (χ0v) is 4.48. The lowest BCUT2D eigenvalue weighted by atomic mass is 9.89. The molecule has 0 aromatic carbocycles. The van der Waals surface area contributed by atoms with Gasteiger partial charge in [0.15, 0.2) is 0 Å². The van der Waals surface area contributed by atoms with Gasteiger partial charge in [0.05, 0.1) is 0 Å². The summed E-state index contributed by atoms with van der Waals surface area (Å²) in [7, 11) is 0. The molecule has 8 heavy (non-hydrogen) atoms. The highest BCUT2D eigenvalue weighted by molar-refractivity contribution is 5.48. The SMILES string of the molecule is O=[C]NC1(O)CCC1. The highest BCUT2D eigenvalue weighted by Gasteiger charge is 2.33. The average Bonchev–Trinajstić information content (AvgIpc) is 1.64. The van der Waals surface area contributed by atoms with Crippen LogP contribution in [0.15, 0.2) is 0 Å². The van der Waals surface area contributed by atoms with E-state index in [2.05, 4.69) is 5.32 Å². The lowest BCUT2D eigenvalue weighted by molar-refractivity contribution is -0.0471. The zero-order chi connectivity index (χ0) is 6.04. The van der Waals surface area contributed by atoms with Crippen LogP contribution in [-0.4, -0.2) is 17.2 Å². The second-order valence-corrected chi connectivity index (χ2v) is 2.11. The Labute approximate surface area is 47.7 Å². The summed E-state index contributed by atoms with van der Waals surface area (Å²) >= 11 is 0. The maximum atomic E-state index is 9.62. The fourth-order valence-corrected chi connectivity index (χ4v) is 0.732. The van der Waals surface area contributed by atoms with Crippen molar-refractivity contribution < 1.29 is 9.90 Å². The summed E-state index contributed by atoms with van der Waals surface area (Å²) in [5, 5.41) is 11.2. The fraction of sp³-hybridized carbons (Fsp3) is 0.800. The number of hydrogen-bond acceptors (Lipinski definition) is 2. The van der Waals surface area contributed by atoms with Crippen molar-refractivity contribution in [2.24, 2.45) is 0 Å². The van der Waals surface area contributed by atoms with Gasteiger partial charge in [0.2, 0.25) is 0 Å². The van der Waals surface area contributed by atoms with Gasteiger partial charge in [-0.2, -0.15) is 0 Å². The predicted molar refractivity (Wildman–Crippen MR) is 27.6 cm³/mol. The van der Waals surface area contributed by atoms with Crippen molar-refractivity contribution >= 4 is 6.41 Å². The molecule has 0 atom stereocenters. The molecule has 0 aromatic rings. The lowest BCUT2D eigenvalue weighted by Crippen LogP contribution is -2.49. The first-order chi connectivity index (χ1) is 3.77. The molecule has 2 N–H and O–H groups in total. The highest BCUT2D eigenvalue weighted by Crippen LogP contribution is 2.27. The molecule has 1 aliphatic carbocycles. The summed E-state index contributed by atoms with van der Waals surface area (Å²) in [6.45, 7) is 0. The van der Waals surface area contributed by atoms with Crippen LogP contribution in [0.3, 0.4) is 0 Å². The number of amides is 1. The maximum Gasteiger partial charge on any atom is 0.311 e. The number of aliphatic hydroxyl groups is 1. The van der Waals surface area contributed by atoms with Gasteiger partial charge in [0, 0.05) is 0 Å². The summed E-state index contributed by atoms with van der Waals surface area (Å²) in [4.78, 5) is 9.62. The minimum Gasteiger partial charge on any atom is -0.371 e. The van der Waals surface area contributed by atoms with Crippen molar-refractivity contribution in [3.05, 3.63) is 0 Å². The van der Waals surface area contributed by atoms with Crippen molar-refractivity contribution in [2.45, 2.75) is 25.0 Å². The molecule has 0 bridgehead atoms. The van der Waals surface area contributed by atoms with Crippen LogP contribution in [0.4, 0.5) is 0 Å². The van der Waals surface area contributed by atoms with Gasteiger partial charge in [0.1, 0.15) is 5.72 Å².